The molecular weight excluding hydrogens is 248 g/mol. The van der Waals surface area contributed by atoms with Crippen molar-refractivity contribution in [2.75, 3.05) is 0 Å². The van der Waals surface area contributed by atoms with Crippen molar-refractivity contribution in [3.05, 3.63) is 29.8 Å². The third-order valence-electron chi connectivity index (χ3n) is 2.94. The second-order valence-corrected chi connectivity index (χ2v) is 6.26. The van der Waals surface area contributed by atoms with Crippen LogP contribution in [0.15, 0.2) is 29.2 Å². The van der Waals surface area contributed by atoms with Gasteiger partial charge in [-0.3, -0.25) is 0 Å². The van der Waals surface area contributed by atoms with Crippen molar-refractivity contribution in [2.45, 2.75) is 50.6 Å². The first kappa shape index (κ1) is 15.1. The maximum absolute atomic E-state index is 11.3. The van der Waals surface area contributed by atoms with E-state index in [4.69, 9.17) is 5.14 Å². The van der Waals surface area contributed by atoms with Gasteiger partial charge in [-0.2, -0.15) is 0 Å². The topological polar surface area (TPSA) is 72.2 Å². The summed E-state index contributed by atoms with van der Waals surface area (Å²) in [4.78, 5) is 0.164. The van der Waals surface area contributed by atoms with E-state index >= 15 is 0 Å². The molecule has 2 unspecified atom stereocenters. The molecule has 4 nitrogen and oxygen atoms in total. The van der Waals surface area contributed by atoms with E-state index in [2.05, 4.69) is 19.2 Å². The standard InChI is InChI=1S/C13H22N2O2S/c1-4-6-10(2)15-11(3)12-7-5-8-13(9-12)18(14,16)17/h5,7-11,15H,4,6H2,1-3H3,(H2,14,16,17). The average Bonchev–Trinajstić information content (AvgIpc) is 2.28. The lowest BCUT2D eigenvalue weighted by atomic mass is 10.1. The zero-order valence-corrected chi connectivity index (χ0v) is 12.0. The van der Waals surface area contributed by atoms with Crippen LogP contribution in [0.25, 0.3) is 0 Å². The number of hydrogen-bond acceptors (Lipinski definition) is 3. The van der Waals surface area contributed by atoms with Gasteiger partial charge in [-0.15, -0.1) is 0 Å². The van der Waals surface area contributed by atoms with Crippen LogP contribution < -0.4 is 10.5 Å². The average molecular weight is 270 g/mol. The van der Waals surface area contributed by atoms with Gasteiger partial charge in [0.1, 0.15) is 0 Å². The van der Waals surface area contributed by atoms with E-state index in [0.29, 0.717) is 6.04 Å². The van der Waals surface area contributed by atoms with E-state index < -0.39 is 10.0 Å². The Kier molecular flexibility index (Phi) is 5.31. The fourth-order valence-corrected chi connectivity index (χ4v) is 2.57. The lowest BCUT2D eigenvalue weighted by Crippen LogP contribution is -2.28. The number of sulfonamides is 1. The van der Waals surface area contributed by atoms with Crippen molar-refractivity contribution in [3.63, 3.8) is 0 Å². The van der Waals surface area contributed by atoms with Gasteiger partial charge in [-0.1, -0.05) is 25.5 Å². The molecule has 0 fully saturated rings. The van der Waals surface area contributed by atoms with Gasteiger partial charge in [0.2, 0.25) is 10.0 Å². The molecule has 0 aliphatic rings. The highest BCUT2D eigenvalue weighted by atomic mass is 32.2. The summed E-state index contributed by atoms with van der Waals surface area (Å²) in [7, 11) is -3.63. The largest absolute Gasteiger partial charge is 0.308 e. The molecule has 0 amide bonds. The Morgan fingerprint density at radius 3 is 2.56 bits per heavy atom. The fourth-order valence-electron chi connectivity index (χ4n) is 2.00. The Bertz CT molecular complexity index is 486. The van der Waals surface area contributed by atoms with E-state index in [9.17, 15) is 8.42 Å². The lowest BCUT2D eigenvalue weighted by Gasteiger charge is -2.20. The minimum Gasteiger partial charge on any atom is -0.308 e. The summed E-state index contributed by atoms with van der Waals surface area (Å²) in [6, 6.07) is 7.28. The predicted octanol–water partition coefficient (Wildman–Crippen LogP) is 2.17. The molecule has 0 aliphatic carbocycles. The van der Waals surface area contributed by atoms with E-state index in [-0.39, 0.29) is 10.9 Å². The van der Waals surface area contributed by atoms with Gasteiger partial charge >= 0.3 is 0 Å². The summed E-state index contributed by atoms with van der Waals surface area (Å²) in [5, 5.41) is 8.57. The molecule has 3 N–H and O–H groups in total. The molecule has 1 rings (SSSR count). The molecule has 0 bridgehead atoms. The number of hydrogen-bond donors (Lipinski definition) is 2. The van der Waals surface area contributed by atoms with Crippen LogP contribution >= 0.6 is 0 Å². The zero-order valence-electron chi connectivity index (χ0n) is 11.2. The summed E-state index contributed by atoms with van der Waals surface area (Å²) in [5.41, 5.74) is 0.935. The lowest BCUT2D eigenvalue weighted by molar-refractivity contribution is 0.452. The van der Waals surface area contributed by atoms with Gasteiger partial charge in [0.25, 0.3) is 0 Å². The van der Waals surface area contributed by atoms with Crippen LogP contribution in [0.2, 0.25) is 0 Å². The normalized spacial score (nSPS) is 15.3. The quantitative estimate of drug-likeness (QED) is 0.832. The van der Waals surface area contributed by atoms with Crippen LogP contribution in [-0.2, 0) is 10.0 Å². The van der Waals surface area contributed by atoms with Crippen molar-refractivity contribution in [2.24, 2.45) is 5.14 Å². The van der Waals surface area contributed by atoms with Crippen LogP contribution in [0.5, 0.6) is 0 Å². The SMILES string of the molecule is CCCC(C)NC(C)c1cccc(S(N)(=O)=O)c1. The van der Waals surface area contributed by atoms with Gasteiger partial charge in [0.15, 0.2) is 0 Å². The molecule has 0 saturated heterocycles. The summed E-state index contributed by atoms with van der Waals surface area (Å²) < 4.78 is 22.6. The maximum atomic E-state index is 11.3. The van der Waals surface area contributed by atoms with Crippen molar-refractivity contribution in [1.29, 1.82) is 0 Å². The Morgan fingerprint density at radius 1 is 1.33 bits per heavy atom. The molecule has 0 radical (unpaired) electrons. The first-order valence-corrected chi connectivity index (χ1v) is 7.78. The number of rotatable bonds is 6. The Balaban J connectivity index is 2.84. The van der Waals surface area contributed by atoms with Crippen LogP contribution in [0.1, 0.15) is 45.2 Å². The molecule has 5 heteroatoms. The molecule has 18 heavy (non-hydrogen) atoms. The Morgan fingerprint density at radius 2 is 2.00 bits per heavy atom. The third-order valence-corrected chi connectivity index (χ3v) is 3.85. The number of primary sulfonamides is 1. The highest BCUT2D eigenvalue weighted by Crippen LogP contribution is 2.17. The molecule has 0 aliphatic heterocycles. The van der Waals surface area contributed by atoms with E-state index in [0.717, 1.165) is 18.4 Å². The van der Waals surface area contributed by atoms with Crippen LogP contribution in [0.3, 0.4) is 0 Å². The number of nitrogens with one attached hydrogen (secondary N) is 1. The summed E-state index contributed by atoms with van der Waals surface area (Å²) in [6.45, 7) is 6.29. The minimum atomic E-state index is -3.63. The third kappa shape index (κ3) is 4.40. The molecule has 0 saturated carbocycles. The Hall–Kier alpha value is -0.910. The molecule has 1 aromatic rings. The molecule has 102 valence electrons. The number of benzene rings is 1. The Labute approximate surface area is 110 Å². The molecule has 0 spiro atoms. The first-order chi connectivity index (χ1) is 8.34. The van der Waals surface area contributed by atoms with E-state index in [1.807, 2.05) is 13.0 Å². The molecule has 0 heterocycles. The van der Waals surface area contributed by atoms with Crippen molar-refractivity contribution < 1.29 is 8.42 Å². The summed E-state index contributed by atoms with van der Waals surface area (Å²) >= 11 is 0. The zero-order chi connectivity index (χ0) is 13.8. The molecule has 1 aromatic carbocycles. The van der Waals surface area contributed by atoms with E-state index in [1.54, 1.807) is 12.1 Å². The van der Waals surface area contributed by atoms with Gasteiger partial charge in [-0.05, 0) is 38.0 Å². The van der Waals surface area contributed by atoms with Crippen molar-refractivity contribution >= 4 is 10.0 Å². The van der Waals surface area contributed by atoms with Crippen molar-refractivity contribution in [1.82, 2.24) is 5.32 Å². The van der Waals surface area contributed by atoms with Gasteiger partial charge in [-0.25, -0.2) is 13.6 Å². The summed E-state index contributed by atoms with van der Waals surface area (Å²) in [6.07, 6.45) is 2.22. The maximum Gasteiger partial charge on any atom is 0.238 e. The first-order valence-electron chi connectivity index (χ1n) is 6.23. The summed E-state index contributed by atoms with van der Waals surface area (Å²) in [5.74, 6) is 0. The van der Waals surface area contributed by atoms with E-state index in [1.165, 1.54) is 6.07 Å². The predicted molar refractivity (Wildman–Crippen MR) is 73.7 cm³/mol. The molecular formula is C13H22N2O2S. The second kappa shape index (κ2) is 6.31. The monoisotopic (exact) mass is 270 g/mol. The van der Waals surface area contributed by atoms with Gasteiger partial charge in [0.05, 0.1) is 4.90 Å². The second-order valence-electron chi connectivity index (χ2n) is 4.70. The van der Waals surface area contributed by atoms with Gasteiger partial charge < -0.3 is 5.32 Å². The van der Waals surface area contributed by atoms with Crippen LogP contribution in [0, 0.1) is 0 Å². The number of nitrogens with two attached hydrogens (primary N) is 1. The minimum absolute atomic E-state index is 0.105. The fraction of sp³-hybridized carbons (Fsp3) is 0.538. The highest BCUT2D eigenvalue weighted by Gasteiger charge is 2.12. The van der Waals surface area contributed by atoms with Crippen LogP contribution in [0.4, 0.5) is 0 Å². The van der Waals surface area contributed by atoms with Crippen molar-refractivity contribution in [3.8, 4) is 0 Å². The molecule has 2 atom stereocenters. The van der Waals surface area contributed by atoms with Crippen LogP contribution in [-0.4, -0.2) is 14.5 Å². The molecule has 0 aromatic heterocycles. The smallest absolute Gasteiger partial charge is 0.238 e. The van der Waals surface area contributed by atoms with Gasteiger partial charge in [0, 0.05) is 12.1 Å². The highest BCUT2D eigenvalue weighted by molar-refractivity contribution is 7.89.